The number of hydrogen-bond acceptors (Lipinski definition) is 4. The lowest BCUT2D eigenvalue weighted by Crippen LogP contribution is -2.42. The summed E-state index contributed by atoms with van der Waals surface area (Å²) >= 11 is 3.58. The molecular weight excluding hydrogens is 360 g/mol. The van der Waals surface area contributed by atoms with Crippen molar-refractivity contribution < 1.29 is 9.53 Å². The fourth-order valence-corrected chi connectivity index (χ4v) is 3.37. The van der Waals surface area contributed by atoms with Gasteiger partial charge < -0.3 is 9.64 Å². The van der Waals surface area contributed by atoms with Crippen molar-refractivity contribution in [3.8, 4) is 0 Å². The maximum atomic E-state index is 12.1. The third-order valence-corrected chi connectivity index (χ3v) is 4.55. The smallest absolute Gasteiger partial charge is 0.410 e. The lowest BCUT2D eigenvalue weighted by atomic mass is 10.1. The first-order valence-corrected chi connectivity index (χ1v) is 8.62. The lowest BCUT2D eigenvalue weighted by molar-refractivity contribution is 0.0185. The van der Waals surface area contributed by atoms with Crippen LogP contribution in [0.25, 0.3) is 11.0 Å². The Morgan fingerprint density at radius 3 is 2.65 bits per heavy atom. The van der Waals surface area contributed by atoms with Crippen LogP contribution >= 0.6 is 15.9 Å². The van der Waals surface area contributed by atoms with E-state index in [9.17, 15) is 4.79 Å². The van der Waals surface area contributed by atoms with Crippen LogP contribution in [0.5, 0.6) is 0 Å². The Hall–Kier alpha value is -1.63. The summed E-state index contributed by atoms with van der Waals surface area (Å²) in [4.78, 5) is 13.9. The van der Waals surface area contributed by atoms with Crippen LogP contribution in [-0.2, 0) is 4.74 Å². The molecule has 0 spiro atoms. The second-order valence-electron chi connectivity index (χ2n) is 6.84. The van der Waals surface area contributed by atoms with Gasteiger partial charge in [0.15, 0.2) is 0 Å². The van der Waals surface area contributed by atoms with E-state index in [-0.39, 0.29) is 12.1 Å². The molecule has 124 valence electrons. The highest BCUT2D eigenvalue weighted by Gasteiger charge is 2.28. The number of nitrogens with zero attached hydrogens (tertiary/aromatic N) is 4. The number of para-hydroxylation sites is 1. The van der Waals surface area contributed by atoms with E-state index in [1.807, 2.05) is 43.7 Å². The molecule has 1 aliphatic rings. The van der Waals surface area contributed by atoms with Gasteiger partial charge in [0.25, 0.3) is 0 Å². The number of carbonyl (C=O) groups is 1. The summed E-state index contributed by atoms with van der Waals surface area (Å²) < 4.78 is 8.41. The van der Waals surface area contributed by atoms with Gasteiger partial charge in [-0.1, -0.05) is 11.3 Å². The number of likely N-dealkylation sites (tertiary alicyclic amines) is 1. The van der Waals surface area contributed by atoms with Gasteiger partial charge in [-0.3, -0.25) is 0 Å². The third kappa shape index (κ3) is 3.49. The Balaban J connectivity index is 1.70. The number of hydrogen-bond donors (Lipinski definition) is 0. The molecule has 23 heavy (non-hydrogen) atoms. The van der Waals surface area contributed by atoms with Crippen LogP contribution in [0.15, 0.2) is 22.7 Å². The molecule has 1 amide bonds. The highest BCUT2D eigenvalue weighted by Crippen LogP contribution is 2.29. The van der Waals surface area contributed by atoms with Crippen LogP contribution in [0, 0.1) is 0 Å². The van der Waals surface area contributed by atoms with E-state index in [1.165, 1.54) is 0 Å². The molecule has 0 radical (unpaired) electrons. The number of halogens is 1. The van der Waals surface area contributed by atoms with Crippen LogP contribution in [0.4, 0.5) is 4.79 Å². The Kier molecular flexibility index (Phi) is 4.31. The fourth-order valence-electron chi connectivity index (χ4n) is 2.83. The molecule has 0 bridgehead atoms. The number of benzene rings is 1. The number of ether oxygens (including phenoxy) is 1. The molecule has 1 aliphatic heterocycles. The van der Waals surface area contributed by atoms with E-state index >= 15 is 0 Å². The van der Waals surface area contributed by atoms with Crippen molar-refractivity contribution in [3.05, 3.63) is 22.7 Å². The van der Waals surface area contributed by atoms with Crippen molar-refractivity contribution in [3.63, 3.8) is 0 Å². The van der Waals surface area contributed by atoms with Crippen LogP contribution in [0.3, 0.4) is 0 Å². The predicted molar refractivity (Wildman–Crippen MR) is 91.3 cm³/mol. The summed E-state index contributed by atoms with van der Waals surface area (Å²) in [7, 11) is 0. The molecule has 0 atom stereocenters. The van der Waals surface area contributed by atoms with E-state index in [0.29, 0.717) is 13.1 Å². The standard InChI is InChI=1S/C16H21BrN4O2/c1-16(2,3)23-15(22)20-9-7-11(8-10-20)21-14-12(17)5-4-6-13(14)18-19-21/h4-6,11H,7-10H2,1-3H3. The van der Waals surface area contributed by atoms with Gasteiger partial charge in [0.1, 0.15) is 16.6 Å². The van der Waals surface area contributed by atoms with Gasteiger partial charge in [-0.2, -0.15) is 0 Å². The van der Waals surface area contributed by atoms with E-state index in [2.05, 4.69) is 26.2 Å². The molecule has 0 N–H and O–H groups in total. The van der Waals surface area contributed by atoms with Crippen LogP contribution < -0.4 is 0 Å². The molecule has 1 aromatic heterocycles. The summed E-state index contributed by atoms with van der Waals surface area (Å²) in [6, 6.07) is 6.16. The minimum atomic E-state index is -0.457. The summed E-state index contributed by atoms with van der Waals surface area (Å²) in [6.45, 7) is 7.00. The molecule has 0 aliphatic carbocycles. The van der Waals surface area contributed by atoms with Crippen molar-refractivity contribution in [2.24, 2.45) is 0 Å². The number of aromatic nitrogens is 3. The van der Waals surface area contributed by atoms with E-state index in [4.69, 9.17) is 4.74 Å². The molecule has 1 aromatic carbocycles. The topological polar surface area (TPSA) is 60.2 Å². The van der Waals surface area contributed by atoms with Crippen molar-refractivity contribution in [1.29, 1.82) is 0 Å². The van der Waals surface area contributed by atoms with Gasteiger partial charge in [-0.15, -0.1) is 5.10 Å². The molecule has 3 rings (SSSR count). The van der Waals surface area contributed by atoms with E-state index < -0.39 is 5.60 Å². The predicted octanol–water partition coefficient (Wildman–Crippen LogP) is 3.77. The molecule has 0 unspecified atom stereocenters. The highest BCUT2D eigenvalue weighted by atomic mass is 79.9. The average molecular weight is 381 g/mol. The number of fused-ring (bicyclic) bond motifs is 1. The first kappa shape index (κ1) is 16.2. The van der Waals surface area contributed by atoms with E-state index in [0.717, 1.165) is 28.3 Å². The molecule has 1 saturated heterocycles. The monoisotopic (exact) mass is 380 g/mol. The molecule has 0 saturated carbocycles. The lowest BCUT2D eigenvalue weighted by Gasteiger charge is -2.33. The fraction of sp³-hybridized carbons (Fsp3) is 0.562. The zero-order valence-corrected chi connectivity index (χ0v) is 15.2. The van der Waals surface area contributed by atoms with Gasteiger partial charge >= 0.3 is 6.09 Å². The number of rotatable bonds is 1. The summed E-state index contributed by atoms with van der Waals surface area (Å²) in [5.41, 5.74) is 1.44. The molecule has 2 aromatic rings. The van der Waals surface area contributed by atoms with Gasteiger partial charge in [-0.25, -0.2) is 9.48 Å². The van der Waals surface area contributed by atoms with E-state index in [1.54, 1.807) is 4.90 Å². The van der Waals surface area contributed by atoms with Gasteiger partial charge in [0.2, 0.25) is 0 Å². The quantitative estimate of drug-likeness (QED) is 0.755. The Bertz CT molecular complexity index is 714. The SMILES string of the molecule is CC(C)(C)OC(=O)N1CCC(n2nnc3cccc(Br)c32)CC1. The van der Waals surface area contributed by atoms with Gasteiger partial charge in [-0.05, 0) is 61.7 Å². The van der Waals surface area contributed by atoms with Gasteiger partial charge in [0, 0.05) is 17.6 Å². The average Bonchev–Trinajstić information content (AvgIpc) is 2.91. The maximum Gasteiger partial charge on any atom is 0.410 e. The molecule has 2 heterocycles. The van der Waals surface area contributed by atoms with Crippen molar-refractivity contribution in [1.82, 2.24) is 19.9 Å². The zero-order valence-electron chi connectivity index (χ0n) is 13.6. The maximum absolute atomic E-state index is 12.1. The first-order valence-electron chi connectivity index (χ1n) is 7.82. The molecule has 7 heteroatoms. The third-order valence-electron chi connectivity index (χ3n) is 3.91. The van der Waals surface area contributed by atoms with Crippen LogP contribution in [0.1, 0.15) is 39.7 Å². The first-order chi connectivity index (χ1) is 10.8. The van der Waals surface area contributed by atoms with Gasteiger partial charge in [0.05, 0.1) is 6.04 Å². The summed E-state index contributed by atoms with van der Waals surface area (Å²) in [5.74, 6) is 0. The highest BCUT2D eigenvalue weighted by molar-refractivity contribution is 9.10. The normalized spacial score (nSPS) is 16.8. The Morgan fingerprint density at radius 1 is 1.30 bits per heavy atom. The number of carbonyl (C=O) groups excluding carboxylic acids is 1. The number of amides is 1. The second kappa shape index (κ2) is 6.11. The summed E-state index contributed by atoms with van der Waals surface area (Å²) in [5, 5.41) is 8.55. The van der Waals surface area contributed by atoms with Crippen molar-refractivity contribution in [2.45, 2.75) is 45.3 Å². The Labute approximate surface area is 143 Å². The van der Waals surface area contributed by atoms with Crippen LogP contribution in [-0.4, -0.2) is 44.7 Å². The minimum absolute atomic E-state index is 0.236. The molecular formula is C16H21BrN4O2. The second-order valence-corrected chi connectivity index (χ2v) is 7.69. The summed E-state index contributed by atoms with van der Waals surface area (Å²) in [6.07, 6.45) is 1.46. The van der Waals surface area contributed by atoms with Crippen LogP contribution in [0.2, 0.25) is 0 Å². The molecule has 6 nitrogen and oxygen atoms in total. The molecule has 1 fully saturated rings. The number of piperidine rings is 1. The largest absolute Gasteiger partial charge is 0.444 e. The Morgan fingerprint density at radius 2 is 2.00 bits per heavy atom. The van der Waals surface area contributed by atoms with Crippen molar-refractivity contribution >= 4 is 33.1 Å². The zero-order chi connectivity index (χ0) is 16.6. The minimum Gasteiger partial charge on any atom is -0.444 e. The van der Waals surface area contributed by atoms with Crippen molar-refractivity contribution in [2.75, 3.05) is 13.1 Å².